The molecule has 2 heterocycles. The average molecular weight is 875 g/mol. The van der Waals surface area contributed by atoms with Gasteiger partial charge >= 0.3 is 6.09 Å². The Labute approximate surface area is 327 Å². The van der Waals surface area contributed by atoms with E-state index < -0.39 is 79.2 Å². The van der Waals surface area contributed by atoms with Crippen molar-refractivity contribution < 1.29 is 35.9 Å². The summed E-state index contributed by atoms with van der Waals surface area (Å²) in [6.07, 6.45) is -0.797. The first-order chi connectivity index (χ1) is 25.2. The first kappa shape index (κ1) is 40.1. The summed E-state index contributed by atoms with van der Waals surface area (Å²) < 4.78 is 94.9. The number of carbonyl (C=O) groups is 1. The van der Waals surface area contributed by atoms with Gasteiger partial charge in [0.2, 0.25) is 0 Å². The summed E-state index contributed by atoms with van der Waals surface area (Å²) in [5, 5.41) is 1.40. The molecule has 0 amide bonds. The van der Waals surface area contributed by atoms with E-state index in [2.05, 4.69) is 0 Å². The topological polar surface area (TPSA) is 43.7 Å². The lowest BCUT2D eigenvalue weighted by atomic mass is 9.87. The molecule has 0 spiro atoms. The van der Waals surface area contributed by atoms with Crippen LogP contribution in [0.4, 0.5) is 26.7 Å². The van der Waals surface area contributed by atoms with Crippen molar-refractivity contribution in [2.24, 2.45) is 0 Å². The highest BCUT2D eigenvalue weighted by atomic mass is 127. The summed E-state index contributed by atoms with van der Waals surface area (Å²) in [6.45, 7) is 10.7. The van der Waals surface area contributed by atoms with Crippen LogP contribution in [0.5, 0.6) is 0 Å². The largest absolute Gasteiger partial charge is 0.443 e. The molecule has 0 aliphatic carbocycles. The molecule has 286 valence electrons. The maximum absolute atomic E-state index is 16.9. The molecule has 12 heteroatoms. The third-order valence-electron chi connectivity index (χ3n) is 9.95. The molecule has 4 aromatic carbocycles. The summed E-state index contributed by atoms with van der Waals surface area (Å²) in [6, 6.07) is 22.6. The van der Waals surface area contributed by atoms with Crippen LogP contribution in [0, 0.1) is 21.0 Å². The Bertz CT molecular complexity index is 2100. The van der Waals surface area contributed by atoms with Crippen molar-refractivity contribution in [3.63, 3.8) is 0 Å². The fraction of sp³-hybridized carbons (Fsp3) is 0.357. The predicted octanol–water partition coefficient (Wildman–Crippen LogP) is 9.99. The molecule has 0 bridgehead atoms. The second-order valence-electron chi connectivity index (χ2n) is 16.1. The van der Waals surface area contributed by atoms with E-state index in [0.29, 0.717) is 10.9 Å². The number of ether oxygens (including phenoxy) is 1. The van der Waals surface area contributed by atoms with E-state index in [1.54, 1.807) is 50.3 Å². The van der Waals surface area contributed by atoms with E-state index in [0.717, 1.165) is 27.1 Å². The van der Waals surface area contributed by atoms with E-state index >= 15 is 17.6 Å². The quantitative estimate of drug-likeness (QED) is 0.0886. The molecule has 0 unspecified atom stereocenters. The van der Waals surface area contributed by atoms with Gasteiger partial charge in [0.25, 0.3) is 14.2 Å². The van der Waals surface area contributed by atoms with Crippen molar-refractivity contribution in [1.29, 1.82) is 0 Å². The number of hydrogen-bond donors (Lipinski definition) is 0. The van der Waals surface area contributed by atoms with Gasteiger partial charge in [0.15, 0.2) is 0 Å². The normalized spacial score (nSPS) is 17.1. The van der Waals surface area contributed by atoms with E-state index in [9.17, 15) is 9.18 Å². The first-order valence-electron chi connectivity index (χ1n) is 17.8. The van der Waals surface area contributed by atoms with Gasteiger partial charge in [0, 0.05) is 20.6 Å². The Morgan fingerprint density at radius 1 is 0.852 bits per heavy atom. The third kappa shape index (κ3) is 7.63. The highest BCUT2D eigenvalue weighted by Gasteiger charge is 2.53. The second-order valence-corrected chi connectivity index (χ2v) is 21.6. The highest BCUT2D eigenvalue weighted by molar-refractivity contribution is 14.1. The minimum Gasteiger partial charge on any atom is -0.443 e. The molecular weight excluding hydrogens is 830 g/mol. The van der Waals surface area contributed by atoms with Crippen molar-refractivity contribution in [1.82, 2.24) is 9.47 Å². The van der Waals surface area contributed by atoms with Gasteiger partial charge in [-0.2, -0.15) is 0 Å². The zero-order chi connectivity index (χ0) is 39.4. The van der Waals surface area contributed by atoms with Crippen molar-refractivity contribution in [2.75, 3.05) is 13.2 Å². The van der Waals surface area contributed by atoms with Crippen LogP contribution < -0.4 is 10.4 Å². The lowest BCUT2D eigenvalue weighted by Gasteiger charge is -2.45. The Morgan fingerprint density at radius 3 is 1.93 bits per heavy atom. The number of rotatable bonds is 8. The van der Waals surface area contributed by atoms with E-state index in [-0.39, 0.29) is 21.2 Å². The van der Waals surface area contributed by atoms with Gasteiger partial charge in [0.1, 0.15) is 23.1 Å². The van der Waals surface area contributed by atoms with Crippen LogP contribution in [-0.4, -0.2) is 54.6 Å². The van der Waals surface area contributed by atoms with Gasteiger partial charge in [-0.3, -0.25) is 4.90 Å². The molecule has 2 atom stereocenters. The highest BCUT2D eigenvalue weighted by Crippen LogP contribution is 2.46. The molecule has 0 saturated heterocycles. The Morgan fingerprint density at radius 2 is 1.41 bits per heavy atom. The number of fused-ring (bicyclic) bond motifs is 3. The van der Waals surface area contributed by atoms with Crippen LogP contribution in [0.25, 0.3) is 10.9 Å². The first-order valence-corrected chi connectivity index (χ1v) is 20.8. The third-order valence-corrected chi connectivity index (χ3v) is 15.6. The van der Waals surface area contributed by atoms with Crippen LogP contribution in [0.15, 0.2) is 91.0 Å². The van der Waals surface area contributed by atoms with Gasteiger partial charge in [0.05, 0.1) is 30.4 Å². The number of nitrogens with zero attached hydrogens (tertiary/aromatic N) is 2. The minimum absolute atomic E-state index is 0.0469. The molecule has 0 fully saturated rings. The number of benzene rings is 4. The van der Waals surface area contributed by atoms with Crippen molar-refractivity contribution in [3.05, 3.63) is 129 Å². The fourth-order valence-electron chi connectivity index (χ4n) is 7.83. The fourth-order valence-corrected chi connectivity index (χ4v) is 13.0. The summed E-state index contributed by atoms with van der Waals surface area (Å²) in [5.41, 5.74) is -0.774. The molecule has 6 rings (SSSR count). The molecule has 1 aromatic heterocycles. The van der Waals surface area contributed by atoms with Gasteiger partial charge < -0.3 is 9.16 Å². The Kier molecular flexibility index (Phi) is 11.0. The van der Waals surface area contributed by atoms with Crippen LogP contribution in [0.2, 0.25) is 5.04 Å². The minimum atomic E-state index is -3.55. The standard InChI is InChI=1S/C42H44F5IN2O3Si/c1-26-20-32-31-21-27(43)18-19-35(31)50(39(51)53-40(2,3)4)37(32)38(36-33(44)22-28(48)23-34(36)45)49(26)24-42(46,47)25-52-54(41(5,6)7,29-14-10-8-11-15-29)30-16-12-9-13-17-30/h8-19,21-23,26,38H,20,24-25H2,1-7H3/t26-,38-/m1/s1. The van der Waals surface area contributed by atoms with Crippen LogP contribution >= 0.6 is 22.6 Å². The second kappa shape index (κ2) is 14.8. The van der Waals surface area contributed by atoms with E-state index in [4.69, 9.17) is 9.16 Å². The van der Waals surface area contributed by atoms with Gasteiger partial charge in [-0.05, 0) is 108 Å². The monoisotopic (exact) mass is 874 g/mol. The predicted molar refractivity (Wildman–Crippen MR) is 213 cm³/mol. The molecule has 1 aliphatic rings. The molecule has 0 radical (unpaired) electrons. The summed E-state index contributed by atoms with van der Waals surface area (Å²) in [4.78, 5) is 15.4. The molecular formula is C42H44F5IN2O3Si. The molecule has 0 N–H and O–H groups in total. The summed E-state index contributed by atoms with van der Waals surface area (Å²) in [5.74, 6) is -6.07. The molecule has 54 heavy (non-hydrogen) atoms. The smallest absolute Gasteiger partial charge is 0.419 e. The van der Waals surface area contributed by atoms with Gasteiger partial charge in [-0.1, -0.05) is 81.4 Å². The van der Waals surface area contributed by atoms with Crippen LogP contribution in [0.1, 0.15) is 71.3 Å². The van der Waals surface area contributed by atoms with Gasteiger partial charge in [-0.25, -0.2) is 31.3 Å². The SMILES string of the molecule is C[C@@H]1Cc2c(n(C(=O)OC(C)(C)C)c3ccc(F)cc23)[C@@H](c2c(F)cc(I)cc2F)N1CC(F)(F)CO[Si](c1ccccc1)(c1ccccc1)C(C)(C)C. The average Bonchev–Trinajstić information content (AvgIpc) is 3.38. The number of carbonyl (C=O) groups excluding carboxylic acids is 1. The molecule has 0 saturated carbocycles. The number of halogens is 6. The maximum atomic E-state index is 16.9. The molecule has 5 nitrogen and oxygen atoms in total. The Balaban J connectivity index is 1.51. The number of alkyl halides is 2. The zero-order valence-electron chi connectivity index (χ0n) is 31.3. The lowest BCUT2D eigenvalue weighted by Crippen LogP contribution is -2.67. The maximum Gasteiger partial charge on any atom is 0.419 e. The van der Waals surface area contributed by atoms with Gasteiger partial charge in [-0.15, -0.1) is 0 Å². The number of aromatic nitrogens is 1. The Hall–Kier alpha value is -3.59. The molecule has 1 aliphatic heterocycles. The van der Waals surface area contributed by atoms with Crippen LogP contribution in [0.3, 0.4) is 0 Å². The van der Waals surface area contributed by atoms with E-state index in [1.165, 1.54) is 23.1 Å². The van der Waals surface area contributed by atoms with Crippen molar-refractivity contribution in [2.45, 2.75) is 83.5 Å². The summed E-state index contributed by atoms with van der Waals surface area (Å²) in [7, 11) is -3.40. The van der Waals surface area contributed by atoms with E-state index in [1.807, 2.05) is 81.4 Å². The van der Waals surface area contributed by atoms with Crippen LogP contribution in [-0.2, 0) is 15.6 Å². The molecule has 5 aromatic rings. The van der Waals surface area contributed by atoms with Crippen molar-refractivity contribution in [3.8, 4) is 0 Å². The summed E-state index contributed by atoms with van der Waals surface area (Å²) >= 11 is 1.78. The number of hydrogen-bond acceptors (Lipinski definition) is 4. The lowest BCUT2D eigenvalue weighted by molar-refractivity contribution is -0.0827. The zero-order valence-corrected chi connectivity index (χ0v) is 34.5. The van der Waals surface area contributed by atoms with Crippen molar-refractivity contribution >= 4 is 58.3 Å².